The maximum atomic E-state index is 13.7. The van der Waals surface area contributed by atoms with E-state index in [1.54, 1.807) is 30.3 Å². The van der Waals surface area contributed by atoms with Crippen molar-refractivity contribution in [3.63, 3.8) is 0 Å². The highest BCUT2D eigenvalue weighted by molar-refractivity contribution is 5.83. The van der Waals surface area contributed by atoms with Crippen molar-refractivity contribution in [3.05, 3.63) is 71.3 Å². The lowest BCUT2D eigenvalue weighted by Crippen LogP contribution is -2.40. The number of rotatable bonds is 7. The Labute approximate surface area is 145 Å². The number of carbonyl (C=O) groups excluding carboxylic acids is 2. The standard InChI is InChI=1S/C19H20F2N2O2/c1-14(24)23(12-16-4-2-3-5-18(16)21)13-19(25)22-11-10-15-6-8-17(20)9-7-15/h2-9H,10-13H2,1H3,(H,22,25). The summed E-state index contributed by atoms with van der Waals surface area (Å²) in [6.45, 7) is 1.60. The van der Waals surface area contributed by atoms with E-state index >= 15 is 0 Å². The number of halogens is 2. The number of nitrogens with zero attached hydrogens (tertiary/aromatic N) is 1. The molecule has 0 unspecified atom stereocenters. The molecule has 1 N–H and O–H groups in total. The predicted molar refractivity (Wildman–Crippen MR) is 90.6 cm³/mol. The summed E-state index contributed by atoms with van der Waals surface area (Å²) >= 11 is 0. The second-order valence-electron chi connectivity index (χ2n) is 5.69. The molecule has 0 radical (unpaired) electrons. The van der Waals surface area contributed by atoms with E-state index in [1.165, 1.54) is 30.0 Å². The number of benzene rings is 2. The summed E-state index contributed by atoms with van der Waals surface area (Å²) in [5.41, 5.74) is 1.26. The van der Waals surface area contributed by atoms with Crippen LogP contribution in [0.1, 0.15) is 18.1 Å². The quantitative estimate of drug-likeness (QED) is 0.838. The van der Waals surface area contributed by atoms with Crippen molar-refractivity contribution in [2.75, 3.05) is 13.1 Å². The molecule has 0 heterocycles. The molecule has 0 aliphatic carbocycles. The van der Waals surface area contributed by atoms with E-state index in [9.17, 15) is 18.4 Å². The molecule has 0 saturated heterocycles. The Kier molecular flexibility index (Phi) is 6.62. The molecule has 0 fully saturated rings. The van der Waals surface area contributed by atoms with Gasteiger partial charge in [0.2, 0.25) is 11.8 Å². The average Bonchev–Trinajstić information content (AvgIpc) is 2.58. The van der Waals surface area contributed by atoms with Crippen molar-refractivity contribution in [2.24, 2.45) is 0 Å². The summed E-state index contributed by atoms with van der Waals surface area (Å²) in [5, 5.41) is 2.71. The third kappa shape index (κ3) is 5.99. The van der Waals surface area contributed by atoms with Crippen molar-refractivity contribution in [1.29, 1.82) is 0 Å². The van der Waals surface area contributed by atoms with Crippen LogP contribution >= 0.6 is 0 Å². The van der Waals surface area contributed by atoms with Crippen molar-refractivity contribution in [3.8, 4) is 0 Å². The summed E-state index contributed by atoms with van der Waals surface area (Å²) in [6.07, 6.45) is 0.555. The first-order valence-corrected chi connectivity index (χ1v) is 7.96. The van der Waals surface area contributed by atoms with Gasteiger partial charge in [0.15, 0.2) is 0 Å². The summed E-state index contributed by atoms with van der Waals surface area (Å²) < 4.78 is 26.5. The van der Waals surface area contributed by atoms with E-state index in [0.29, 0.717) is 18.5 Å². The first-order valence-electron chi connectivity index (χ1n) is 7.96. The molecule has 0 bridgehead atoms. The molecule has 0 saturated carbocycles. The normalized spacial score (nSPS) is 10.4. The fourth-order valence-corrected chi connectivity index (χ4v) is 2.34. The van der Waals surface area contributed by atoms with Gasteiger partial charge < -0.3 is 10.2 Å². The number of hydrogen-bond donors (Lipinski definition) is 1. The molecular formula is C19H20F2N2O2. The summed E-state index contributed by atoms with van der Waals surface area (Å²) in [4.78, 5) is 25.0. The zero-order valence-electron chi connectivity index (χ0n) is 14.0. The van der Waals surface area contributed by atoms with Gasteiger partial charge in [-0.1, -0.05) is 30.3 Å². The monoisotopic (exact) mass is 346 g/mol. The van der Waals surface area contributed by atoms with Crippen molar-refractivity contribution in [2.45, 2.75) is 19.9 Å². The van der Waals surface area contributed by atoms with Gasteiger partial charge in [-0.3, -0.25) is 9.59 Å². The summed E-state index contributed by atoms with van der Waals surface area (Å²) in [7, 11) is 0. The smallest absolute Gasteiger partial charge is 0.239 e. The Balaban J connectivity index is 1.84. The molecule has 0 atom stereocenters. The van der Waals surface area contributed by atoms with Gasteiger partial charge in [0.25, 0.3) is 0 Å². The van der Waals surface area contributed by atoms with Gasteiger partial charge in [-0.25, -0.2) is 8.78 Å². The van der Waals surface area contributed by atoms with E-state index < -0.39 is 5.82 Å². The van der Waals surface area contributed by atoms with Gasteiger partial charge in [-0.15, -0.1) is 0 Å². The lowest BCUT2D eigenvalue weighted by Gasteiger charge is -2.21. The molecule has 132 valence electrons. The molecule has 0 aliphatic rings. The molecule has 6 heteroatoms. The SMILES string of the molecule is CC(=O)N(CC(=O)NCCc1ccc(F)cc1)Cc1ccccc1F. The van der Waals surface area contributed by atoms with Gasteiger partial charge >= 0.3 is 0 Å². The largest absolute Gasteiger partial charge is 0.354 e. The molecule has 2 aromatic rings. The van der Waals surface area contributed by atoms with E-state index in [1.807, 2.05) is 0 Å². The lowest BCUT2D eigenvalue weighted by atomic mass is 10.1. The Morgan fingerprint density at radius 1 is 1.04 bits per heavy atom. The zero-order chi connectivity index (χ0) is 18.2. The topological polar surface area (TPSA) is 49.4 Å². The van der Waals surface area contributed by atoms with Gasteiger partial charge in [0.05, 0.1) is 6.54 Å². The van der Waals surface area contributed by atoms with Gasteiger partial charge in [0.1, 0.15) is 11.6 Å². The predicted octanol–water partition coefficient (Wildman–Crippen LogP) is 2.67. The Morgan fingerprint density at radius 2 is 1.72 bits per heavy atom. The highest BCUT2D eigenvalue weighted by atomic mass is 19.1. The van der Waals surface area contributed by atoms with Gasteiger partial charge in [-0.2, -0.15) is 0 Å². The lowest BCUT2D eigenvalue weighted by molar-refractivity contribution is -0.134. The van der Waals surface area contributed by atoms with Crippen LogP contribution in [-0.2, 0) is 22.6 Å². The second kappa shape index (κ2) is 8.92. The first-order chi connectivity index (χ1) is 12.0. The molecule has 2 aromatic carbocycles. The zero-order valence-corrected chi connectivity index (χ0v) is 14.0. The number of carbonyl (C=O) groups is 2. The highest BCUT2D eigenvalue weighted by Crippen LogP contribution is 2.10. The van der Waals surface area contributed by atoms with E-state index in [4.69, 9.17) is 0 Å². The molecule has 0 aromatic heterocycles. The number of amides is 2. The second-order valence-corrected chi connectivity index (χ2v) is 5.69. The minimum absolute atomic E-state index is 0.0351. The van der Waals surface area contributed by atoms with Crippen molar-refractivity contribution < 1.29 is 18.4 Å². The molecular weight excluding hydrogens is 326 g/mol. The van der Waals surface area contributed by atoms with E-state index in [-0.39, 0.29) is 30.7 Å². The van der Waals surface area contributed by atoms with Crippen LogP contribution in [0.25, 0.3) is 0 Å². The first kappa shape index (κ1) is 18.6. The van der Waals surface area contributed by atoms with Crippen molar-refractivity contribution in [1.82, 2.24) is 10.2 Å². The molecule has 4 nitrogen and oxygen atoms in total. The maximum Gasteiger partial charge on any atom is 0.239 e. The van der Waals surface area contributed by atoms with Crippen LogP contribution in [0.5, 0.6) is 0 Å². The molecule has 0 aliphatic heterocycles. The molecule has 2 rings (SSSR count). The van der Waals surface area contributed by atoms with Gasteiger partial charge in [-0.05, 0) is 30.2 Å². The average molecular weight is 346 g/mol. The van der Waals surface area contributed by atoms with Crippen LogP contribution < -0.4 is 5.32 Å². The molecule has 2 amide bonds. The highest BCUT2D eigenvalue weighted by Gasteiger charge is 2.15. The minimum Gasteiger partial charge on any atom is -0.354 e. The van der Waals surface area contributed by atoms with E-state index in [2.05, 4.69) is 5.32 Å². The number of nitrogens with one attached hydrogen (secondary N) is 1. The van der Waals surface area contributed by atoms with Crippen LogP contribution in [-0.4, -0.2) is 29.8 Å². The summed E-state index contributed by atoms with van der Waals surface area (Å²) in [5.74, 6) is -1.35. The Hall–Kier alpha value is -2.76. The van der Waals surface area contributed by atoms with Crippen LogP contribution in [0.2, 0.25) is 0 Å². The fraction of sp³-hybridized carbons (Fsp3) is 0.263. The molecule has 0 spiro atoms. The van der Waals surface area contributed by atoms with E-state index in [0.717, 1.165) is 5.56 Å². The Bertz CT molecular complexity index is 732. The minimum atomic E-state index is -0.412. The third-order valence-corrected chi connectivity index (χ3v) is 3.75. The molecule has 25 heavy (non-hydrogen) atoms. The fourth-order valence-electron chi connectivity index (χ4n) is 2.34. The Morgan fingerprint density at radius 3 is 2.36 bits per heavy atom. The number of hydrogen-bond acceptors (Lipinski definition) is 2. The summed E-state index contributed by atoms with van der Waals surface area (Å²) in [6, 6.07) is 12.2. The van der Waals surface area contributed by atoms with Crippen LogP contribution in [0.3, 0.4) is 0 Å². The van der Waals surface area contributed by atoms with Crippen LogP contribution in [0, 0.1) is 11.6 Å². The van der Waals surface area contributed by atoms with Gasteiger partial charge in [0, 0.05) is 25.6 Å². The van der Waals surface area contributed by atoms with Crippen molar-refractivity contribution >= 4 is 11.8 Å². The maximum absolute atomic E-state index is 13.7. The van der Waals surface area contributed by atoms with Crippen LogP contribution in [0.4, 0.5) is 8.78 Å². The third-order valence-electron chi connectivity index (χ3n) is 3.75. The van der Waals surface area contributed by atoms with Crippen LogP contribution in [0.15, 0.2) is 48.5 Å².